The van der Waals surface area contributed by atoms with Gasteiger partial charge in [-0.1, -0.05) is 0 Å². The number of aryl methyl sites for hydroxylation is 1. The van der Waals surface area contributed by atoms with E-state index in [1.165, 1.54) is 12.3 Å². The van der Waals surface area contributed by atoms with Crippen LogP contribution < -0.4 is 4.90 Å². The summed E-state index contributed by atoms with van der Waals surface area (Å²) in [7, 11) is 1.70. The Labute approximate surface area is 157 Å². The van der Waals surface area contributed by atoms with Crippen molar-refractivity contribution in [1.82, 2.24) is 14.5 Å². The summed E-state index contributed by atoms with van der Waals surface area (Å²) in [5, 5.41) is 20.9. The largest absolute Gasteiger partial charge is 0.395 e. The van der Waals surface area contributed by atoms with E-state index in [2.05, 4.69) is 9.88 Å². The number of nitro benzene ring substituents is 1. The summed E-state index contributed by atoms with van der Waals surface area (Å²) in [5.41, 5.74) is 0.665. The third kappa shape index (κ3) is 3.83. The summed E-state index contributed by atoms with van der Waals surface area (Å²) in [6.45, 7) is 4.72. The molecule has 2 aromatic rings. The topological polar surface area (TPSA) is 105 Å². The molecule has 3 rings (SSSR count). The number of anilines is 1. The summed E-state index contributed by atoms with van der Waals surface area (Å²) in [6.07, 6.45) is 3.17. The smallest absolute Gasteiger partial charge is 0.293 e. The van der Waals surface area contributed by atoms with Gasteiger partial charge in [0.2, 0.25) is 5.78 Å². The Morgan fingerprint density at radius 3 is 2.59 bits per heavy atom. The van der Waals surface area contributed by atoms with Crippen molar-refractivity contribution in [2.75, 3.05) is 37.7 Å². The summed E-state index contributed by atoms with van der Waals surface area (Å²) < 4.78 is 1.59. The molecule has 9 nitrogen and oxygen atoms in total. The number of benzene rings is 1. The minimum absolute atomic E-state index is 0.0694. The molecule has 0 spiro atoms. The first-order valence-corrected chi connectivity index (χ1v) is 8.82. The Morgan fingerprint density at radius 2 is 2.04 bits per heavy atom. The molecule has 0 radical (unpaired) electrons. The molecule has 1 atom stereocenters. The molecule has 1 aromatic heterocycles. The van der Waals surface area contributed by atoms with Gasteiger partial charge in [0.05, 0.1) is 11.5 Å². The molecule has 0 saturated carbocycles. The zero-order chi connectivity index (χ0) is 19.6. The highest BCUT2D eigenvalue weighted by molar-refractivity contribution is 6.07. The minimum Gasteiger partial charge on any atom is -0.395 e. The maximum atomic E-state index is 12.6. The van der Waals surface area contributed by atoms with Crippen LogP contribution in [-0.2, 0) is 7.05 Å². The third-order valence-electron chi connectivity index (χ3n) is 5.00. The molecule has 2 heterocycles. The zero-order valence-electron chi connectivity index (χ0n) is 15.4. The van der Waals surface area contributed by atoms with Crippen molar-refractivity contribution in [3.63, 3.8) is 0 Å². The molecule has 1 aromatic carbocycles. The van der Waals surface area contributed by atoms with Crippen LogP contribution in [0.3, 0.4) is 0 Å². The molecule has 0 amide bonds. The predicted octanol–water partition coefficient (Wildman–Crippen LogP) is 1.06. The number of carbonyl (C=O) groups is 1. The van der Waals surface area contributed by atoms with Crippen molar-refractivity contribution in [3.8, 4) is 0 Å². The predicted molar refractivity (Wildman–Crippen MR) is 100 cm³/mol. The number of aliphatic hydroxyl groups excluding tert-OH is 1. The maximum Gasteiger partial charge on any atom is 0.293 e. The quantitative estimate of drug-likeness (QED) is 0.459. The van der Waals surface area contributed by atoms with Gasteiger partial charge in [-0.3, -0.25) is 19.8 Å². The lowest BCUT2D eigenvalue weighted by Crippen LogP contribution is -2.50. The highest BCUT2D eigenvalue weighted by atomic mass is 16.6. The normalized spacial score (nSPS) is 16.3. The van der Waals surface area contributed by atoms with E-state index in [4.69, 9.17) is 0 Å². The van der Waals surface area contributed by atoms with Crippen molar-refractivity contribution in [2.24, 2.45) is 7.05 Å². The van der Waals surface area contributed by atoms with Gasteiger partial charge in [-0.05, 0) is 19.1 Å². The van der Waals surface area contributed by atoms with Crippen LogP contribution in [0.25, 0.3) is 0 Å². The molecule has 1 saturated heterocycles. The summed E-state index contributed by atoms with van der Waals surface area (Å²) in [5.74, 6) is -0.109. The molecule has 1 unspecified atom stereocenters. The number of hydrogen-bond donors (Lipinski definition) is 1. The SMILES string of the molecule is CC(CO)N1CCN(c2ccc(C(=O)c3nccn3C)cc2[N+](=O)[O-])CC1. The fourth-order valence-electron chi connectivity index (χ4n) is 3.31. The highest BCUT2D eigenvalue weighted by Gasteiger charge is 2.27. The molecule has 27 heavy (non-hydrogen) atoms. The first kappa shape index (κ1) is 19.0. The molecule has 144 valence electrons. The molecular weight excluding hydrogens is 350 g/mol. The molecule has 1 fully saturated rings. The summed E-state index contributed by atoms with van der Waals surface area (Å²) in [4.78, 5) is 31.9. The first-order chi connectivity index (χ1) is 12.9. The number of nitrogens with zero attached hydrogens (tertiary/aromatic N) is 5. The number of aliphatic hydroxyl groups is 1. The monoisotopic (exact) mass is 373 g/mol. The van der Waals surface area contributed by atoms with E-state index in [9.17, 15) is 20.0 Å². The molecule has 0 aliphatic carbocycles. The van der Waals surface area contributed by atoms with Gasteiger partial charge < -0.3 is 14.6 Å². The lowest BCUT2D eigenvalue weighted by molar-refractivity contribution is -0.384. The van der Waals surface area contributed by atoms with Crippen LogP contribution in [0.1, 0.15) is 23.1 Å². The van der Waals surface area contributed by atoms with Crippen molar-refractivity contribution >= 4 is 17.2 Å². The second-order valence-corrected chi connectivity index (χ2v) is 6.71. The number of imidazole rings is 1. The third-order valence-corrected chi connectivity index (χ3v) is 5.00. The van der Waals surface area contributed by atoms with Gasteiger partial charge >= 0.3 is 0 Å². The van der Waals surface area contributed by atoms with Gasteiger partial charge in [0.1, 0.15) is 5.69 Å². The van der Waals surface area contributed by atoms with Gasteiger partial charge in [-0.2, -0.15) is 0 Å². The average molecular weight is 373 g/mol. The number of carbonyl (C=O) groups excluding carboxylic acids is 1. The minimum atomic E-state index is -0.451. The average Bonchev–Trinajstić information content (AvgIpc) is 3.12. The van der Waals surface area contributed by atoms with Crippen molar-refractivity contribution in [3.05, 3.63) is 52.1 Å². The Hall–Kier alpha value is -2.78. The number of rotatable bonds is 6. The van der Waals surface area contributed by atoms with Crippen LogP contribution in [0.5, 0.6) is 0 Å². The van der Waals surface area contributed by atoms with Crippen LogP contribution in [-0.4, -0.2) is 69.1 Å². The summed E-state index contributed by atoms with van der Waals surface area (Å²) in [6, 6.07) is 4.65. The van der Waals surface area contributed by atoms with Crippen LogP contribution in [0.4, 0.5) is 11.4 Å². The van der Waals surface area contributed by atoms with E-state index in [1.54, 1.807) is 29.9 Å². The second-order valence-electron chi connectivity index (χ2n) is 6.71. The number of ketones is 1. The Balaban J connectivity index is 1.84. The molecule has 9 heteroatoms. The van der Waals surface area contributed by atoms with Crippen LogP contribution in [0.15, 0.2) is 30.6 Å². The number of piperazine rings is 1. The molecule has 1 aliphatic rings. The van der Waals surface area contributed by atoms with E-state index in [1.807, 2.05) is 11.8 Å². The fraction of sp³-hybridized carbons (Fsp3) is 0.444. The van der Waals surface area contributed by atoms with E-state index in [0.717, 1.165) is 0 Å². The molecule has 1 aliphatic heterocycles. The fourth-order valence-corrected chi connectivity index (χ4v) is 3.31. The van der Waals surface area contributed by atoms with E-state index < -0.39 is 4.92 Å². The maximum absolute atomic E-state index is 12.6. The lowest BCUT2D eigenvalue weighted by Gasteiger charge is -2.38. The Kier molecular flexibility index (Phi) is 5.52. The van der Waals surface area contributed by atoms with Crippen molar-refractivity contribution in [2.45, 2.75) is 13.0 Å². The highest BCUT2D eigenvalue weighted by Crippen LogP contribution is 2.31. The zero-order valence-corrected chi connectivity index (χ0v) is 15.4. The molecular formula is C18H23N5O4. The van der Waals surface area contributed by atoms with Gasteiger partial charge in [-0.15, -0.1) is 0 Å². The van der Waals surface area contributed by atoms with Gasteiger partial charge in [0.15, 0.2) is 5.82 Å². The van der Waals surface area contributed by atoms with Crippen LogP contribution >= 0.6 is 0 Å². The van der Waals surface area contributed by atoms with Crippen LogP contribution in [0.2, 0.25) is 0 Å². The number of nitro groups is 1. The number of aromatic nitrogens is 2. The van der Waals surface area contributed by atoms with Gasteiger partial charge in [0.25, 0.3) is 5.69 Å². The van der Waals surface area contributed by atoms with E-state index in [0.29, 0.717) is 31.9 Å². The van der Waals surface area contributed by atoms with Gasteiger partial charge in [0, 0.05) is 63.3 Å². The lowest BCUT2D eigenvalue weighted by atomic mass is 10.1. The van der Waals surface area contributed by atoms with Crippen molar-refractivity contribution in [1.29, 1.82) is 0 Å². The molecule has 0 bridgehead atoms. The van der Waals surface area contributed by atoms with E-state index in [-0.39, 0.29) is 35.5 Å². The first-order valence-electron chi connectivity index (χ1n) is 8.82. The van der Waals surface area contributed by atoms with Crippen molar-refractivity contribution < 1.29 is 14.8 Å². The van der Waals surface area contributed by atoms with Gasteiger partial charge in [-0.25, -0.2) is 4.98 Å². The second kappa shape index (κ2) is 7.85. The standard InChI is InChI=1S/C18H23N5O4/c1-13(12-24)21-7-9-22(10-8-21)15-4-3-14(11-16(15)23(26)27)17(25)18-19-5-6-20(18)2/h3-6,11,13,24H,7-10,12H2,1-2H3. The molecule has 1 N–H and O–H groups in total. The Bertz CT molecular complexity index is 842. The van der Waals surface area contributed by atoms with E-state index >= 15 is 0 Å². The number of hydrogen-bond acceptors (Lipinski definition) is 7. The summed E-state index contributed by atoms with van der Waals surface area (Å²) >= 11 is 0. The Morgan fingerprint density at radius 1 is 1.33 bits per heavy atom. The van der Waals surface area contributed by atoms with Crippen LogP contribution in [0, 0.1) is 10.1 Å².